The molecule has 6 heteroatoms. The molecule has 1 aromatic rings. The van der Waals surface area contributed by atoms with E-state index in [0.717, 1.165) is 18.8 Å². The number of nitrogens with one attached hydrogen (secondary N) is 1. The lowest BCUT2D eigenvalue weighted by Gasteiger charge is -2.17. The van der Waals surface area contributed by atoms with E-state index in [2.05, 4.69) is 9.62 Å². The molecular weight excluding hydrogens is 260 g/mol. The minimum absolute atomic E-state index is 0.430. The Morgan fingerprint density at radius 2 is 1.76 bits per heavy atom. The van der Waals surface area contributed by atoms with Crippen LogP contribution < -0.4 is 9.62 Å². The molecule has 0 saturated carbocycles. The molecule has 94 valence electrons. The number of hydrogen-bond donors (Lipinski definition) is 1. The number of rotatable bonds is 4. The highest BCUT2D eigenvalue weighted by atomic mass is 35.5. The van der Waals surface area contributed by atoms with Crippen LogP contribution in [-0.4, -0.2) is 26.7 Å². The van der Waals surface area contributed by atoms with Gasteiger partial charge in [0.15, 0.2) is 0 Å². The number of alkyl halides is 1. The van der Waals surface area contributed by atoms with Gasteiger partial charge in [-0.2, -0.15) is 0 Å². The second-order valence-electron chi connectivity index (χ2n) is 4.07. The summed E-state index contributed by atoms with van der Waals surface area (Å²) in [5.41, 5.74) is 1.69. The second-order valence-corrected chi connectivity index (χ2v) is 6.37. The number of benzene rings is 1. The van der Waals surface area contributed by atoms with E-state index in [-0.39, 0.29) is 0 Å². The van der Waals surface area contributed by atoms with Crippen molar-refractivity contribution >= 4 is 33.0 Å². The Kier molecular flexibility index (Phi) is 3.79. The van der Waals surface area contributed by atoms with Gasteiger partial charge in [-0.1, -0.05) is 0 Å². The molecule has 1 heterocycles. The zero-order valence-electron chi connectivity index (χ0n) is 9.39. The first-order valence-corrected chi connectivity index (χ1v) is 7.71. The van der Waals surface area contributed by atoms with E-state index in [1.54, 1.807) is 12.1 Å². The highest BCUT2D eigenvalue weighted by molar-refractivity contribution is 7.93. The van der Waals surface area contributed by atoms with E-state index < -0.39 is 15.2 Å². The Morgan fingerprint density at radius 3 is 2.29 bits per heavy atom. The molecule has 0 aromatic heterocycles. The summed E-state index contributed by atoms with van der Waals surface area (Å²) in [6, 6.07) is 7.38. The van der Waals surface area contributed by atoms with E-state index in [9.17, 15) is 8.42 Å². The highest BCUT2D eigenvalue weighted by Gasteiger charge is 2.12. The van der Waals surface area contributed by atoms with Crippen molar-refractivity contribution < 1.29 is 8.42 Å². The number of anilines is 2. The predicted octanol–water partition coefficient (Wildman–Crippen LogP) is 2.22. The molecule has 1 saturated heterocycles. The van der Waals surface area contributed by atoms with E-state index >= 15 is 0 Å². The van der Waals surface area contributed by atoms with Crippen LogP contribution in [0.5, 0.6) is 0 Å². The average Bonchev–Trinajstić information content (AvgIpc) is 2.83. The van der Waals surface area contributed by atoms with Crippen LogP contribution in [0.1, 0.15) is 12.8 Å². The van der Waals surface area contributed by atoms with Crippen LogP contribution >= 0.6 is 11.6 Å². The van der Waals surface area contributed by atoms with E-state index in [4.69, 9.17) is 11.6 Å². The Balaban J connectivity index is 2.07. The normalized spacial score (nSPS) is 16.2. The SMILES string of the molecule is O=S(=O)(CCl)Nc1ccc(N2CCCC2)cc1. The fraction of sp³-hybridized carbons (Fsp3) is 0.455. The molecule has 0 radical (unpaired) electrons. The predicted molar refractivity (Wildman–Crippen MR) is 71.2 cm³/mol. The summed E-state index contributed by atoms with van der Waals surface area (Å²) in [7, 11) is -3.40. The molecule has 0 spiro atoms. The third kappa shape index (κ3) is 3.26. The summed E-state index contributed by atoms with van der Waals surface area (Å²) >= 11 is 5.32. The van der Waals surface area contributed by atoms with Gasteiger partial charge in [-0.15, -0.1) is 11.6 Å². The number of nitrogens with zero attached hydrogens (tertiary/aromatic N) is 1. The van der Waals surface area contributed by atoms with Crippen molar-refractivity contribution in [3.8, 4) is 0 Å². The van der Waals surface area contributed by atoms with Gasteiger partial charge in [0, 0.05) is 24.5 Å². The average molecular weight is 275 g/mol. The maximum atomic E-state index is 11.3. The van der Waals surface area contributed by atoms with Crippen molar-refractivity contribution in [1.82, 2.24) is 0 Å². The fourth-order valence-electron chi connectivity index (χ4n) is 1.92. The fourth-order valence-corrected chi connectivity index (χ4v) is 2.64. The molecule has 2 rings (SSSR count). The third-order valence-electron chi connectivity index (χ3n) is 2.76. The largest absolute Gasteiger partial charge is 0.372 e. The van der Waals surface area contributed by atoms with Gasteiger partial charge in [0.25, 0.3) is 0 Å². The Labute approximate surface area is 107 Å². The van der Waals surface area contributed by atoms with Gasteiger partial charge < -0.3 is 4.90 Å². The molecule has 1 aliphatic rings. The van der Waals surface area contributed by atoms with Gasteiger partial charge in [-0.05, 0) is 37.1 Å². The summed E-state index contributed by atoms with van der Waals surface area (Å²) in [5, 5.41) is -0.430. The standard InChI is InChI=1S/C11H15ClN2O2S/c12-9-17(15,16)13-10-3-5-11(6-4-10)14-7-1-2-8-14/h3-6,13H,1-2,7-9H2. The molecule has 0 bridgehead atoms. The van der Waals surface area contributed by atoms with Crippen LogP contribution in [0, 0.1) is 0 Å². The van der Waals surface area contributed by atoms with Crippen molar-refractivity contribution in [3.05, 3.63) is 24.3 Å². The molecule has 1 aromatic carbocycles. The monoisotopic (exact) mass is 274 g/mol. The molecule has 0 unspecified atom stereocenters. The summed E-state index contributed by atoms with van der Waals surface area (Å²) in [6.45, 7) is 2.15. The summed E-state index contributed by atoms with van der Waals surface area (Å²) in [6.07, 6.45) is 2.45. The van der Waals surface area contributed by atoms with Crippen LogP contribution in [0.4, 0.5) is 11.4 Å². The Morgan fingerprint density at radius 1 is 1.18 bits per heavy atom. The van der Waals surface area contributed by atoms with Crippen molar-refractivity contribution in [3.63, 3.8) is 0 Å². The lowest BCUT2D eigenvalue weighted by Crippen LogP contribution is -2.17. The Hall–Kier alpha value is -0.940. The zero-order chi connectivity index (χ0) is 12.3. The maximum Gasteiger partial charge on any atom is 0.246 e. The summed E-state index contributed by atoms with van der Waals surface area (Å²) < 4.78 is 24.9. The van der Waals surface area contributed by atoms with E-state index in [1.807, 2.05) is 12.1 Å². The van der Waals surface area contributed by atoms with Crippen molar-refractivity contribution in [2.24, 2.45) is 0 Å². The van der Waals surface area contributed by atoms with Gasteiger partial charge in [-0.3, -0.25) is 4.72 Å². The minimum Gasteiger partial charge on any atom is -0.372 e. The molecule has 1 aliphatic heterocycles. The van der Waals surface area contributed by atoms with Gasteiger partial charge in [0.2, 0.25) is 10.0 Å². The molecule has 17 heavy (non-hydrogen) atoms. The number of sulfonamides is 1. The maximum absolute atomic E-state index is 11.3. The second kappa shape index (κ2) is 5.14. The Bertz CT molecular complexity index is 467. The molecule has 0 amide bonds. The quantitative estimate of drug-likeness (QED) is 0.857. The molecular formula is C11H15ClN2O2S. The topological polar surface area (TPSA) is 49.4 Å². The van der Waals surface area contributed by atoms with Crippen LogP contribution in [0.25, 0.3) is 0 Å². The lowest BCUT2D eigenvalue weighted by atomic mass is 10.2. The summed E-state index contributed by atoms with van der Waals surface area (Å²) in [5.74, 6) is 0. The van der Waals surface area contributed by atoms with E-state index in [0.29, 0.717) is 5.69 Å². The number of hydrogen-bond acceptors (Lipinski definition) is 3. The molecule has 1 N–H and O–H groups in total. The molecule has 0 atom stereocenters. The van der Waals surface area contributed by atoms with Crippen LogP contribution in [0.15, 0.2) is 24.3 Å². The smallest absolute Gasteiger partial charge is 0.246 e. The first-order valence-electron chi connectivity index (χ1n) is 5.52. The third-order valence-corrected chi connectivity index (χ3v) is 4.45. The van der Waals surface area contributed by atoms with E-state index in [1.165, 1.54) is 12.8 Å². The number of halogens is 1. The molecule has 0 aliphatic carbocycles. The molecule has 4 nitrogen and oxygen atoms in total. The first-order chi connectivity index (χ1) is 8.11. The van der Waals surface area contributed by atoms with Crippen molar-refractivity contribution in [2.45, 2.75) is 12.8 Å². The van der Waals surface area contributed by atoms with Gasteiger partial charge >= 0.3 is 0 Å². The van der Waals surface area contributed by atoms with Crippen molar-refractivity contribution in [2.75, 3.05) is 27.9 Å². The summed E-state index contributed by atoms with van der Waals surface area (Å²) in [4.78, 5) is 2.29. The zero-order valence-corrected chi connectivity index (χ0v) is 11.0. The first kappa shape index (κ1) is 12.5. The van der Waals surface area contributed by atoms with Crippen LogP contribution in [0.2, 0.25) is 0 Å². The van der Waals surface area contributed by atoms with Crippen LogP contribution in [0.3, 0.4) is 0 Å². The minimum atomic E-state index is -3.40. The van der Waals surface area contributed by atoms with Crippen LogP contribution in [-0.2, 0) is 10.0 Å². The molecule has 1 fully saturated rings. The highest BCUT2D eigenvalue weighted by Crippen LogP contribution is 2.22. The lowest BCUT2D eigenvalue weighted by molar-refractivity contribution is 0.605. The van der Waals surface area contributed by atoms with Gasteiger partial charge in [0.1, 0.15) is 5.21 Å². The van der Waals surface area contributed by atoms with Crippen molar-refractivity contribution in [1.29, 1.82) is 0 Å². The van der Waals surface area contributed by atoms with Gasteiger partial charge in [0.05, 0.1) is 0 Å². The van der Waals surface area contributed by atoms with Gasteiger partial charge in [-0.25, -0.2) is 8.42 Å².